The molecule has 2 aromatic carbocycles. The SMILES string of the molecule is c1ccc(-c2cc(CSc3nnc(-c4ccccc4)n3Cc3ccco3)no2)cc1. The third-order valence-corrected chi connectivity index (χ3v) is 5.61. The Morgan fingerprint density at radius 3 is 2.33 bits per heavy atom. The van der Waals surface area contributed by atoms with Crippen molar-refractivity contribution < 1.29 is 8.94 Å². The van der Waals surface area contributed by atoms with Crippen LogP contribution < -0.4 is 0 Å². The molecule has 0 bridgehead atoms. The van der Waals surface area contributed by atoms with Gasteiger partial charge in [-0.2, -0.15) is 0 Å². The molecule has 0 saturated heterocycles. The molecule has 5 rings (SSSR count). The summed E-state index contributed by atoms with van der Waals surface area (Å²) in [6.07, 6.45) is 1.68. The number of benzene rings is 2. The molecule has 0 N–H and O–H groups in total. The van der Waals surface area contributed by atoms with Crippen molar-refractivity contribution in [3.63, 3.8) is 0 Å². The standard InChI is InChI=1S/C23H18N4O2S/c1-3-8-17(9-4-1)21-14-19(26-29-21)16-30-23-25-24-22(18-10-5-2-6-11-18)27(23)15-20-12-7-13-28-20/h1-14H,15-16H2. The first-order valence-corrected chi connectivity index (χ1v) is 10.5. The Kier molecular flexibility index (Phi) is 5.18. The predicted octanol–water partition coefficient (Wildman–Crippen LogP) is 5.53. The summed E-state index contributed by atoms with van der Waals surface area (Å²) in [7, 11) is 0. The van der Waals surface area contributed by atoms with E-state index in [-0.39, 0.29) is 0 Å². The molecular weight excluding hydrogens is 396 g/mol. The van der Waals surface area contributed by atoms with Crippen LogP contribution in [0.25, 0.3) is 22.7 Å². The van der Waals surface area contributed by atoms with Crippen LogP contribution in [-0.2, 0) is 12.3 Å². The molecule has 0 aliphatic rings. The lowest BCUT2D eigenvalue weighted by Gasteiger charge is -2.08. The van der Waals surface area contributed by atoms with Gasteiger partial charge in [0.25, 0.3) is 0 Å². The van der Waals surface area contributed by atoms with E-state index in [1.54, 1.807) is 18.0 Å². The van der Waals surface area contributed by atoms with Crippen molar-refractivity contribution in [2.24, 2.45) is 0 Å². The van der Waals surface area contributed by atoms with E-state index in [1.165, 1.54) is 0 Å². The number of nitrogens with zero attached hydrogens (tertiary/aromatic N) is 4. The summed E-state index contributed by atoms with van der Waals surface area (Å²) in [5.41, 5.74) is 2.87. The number of hydrogen-bond acceptors (Lipinski definition) is 6. The van der Waals surface area contributed by atoms with Crippen LogP contribution in [0.1, 0.15) is 11.5 Å². The van der Waals surface area contributed by atoms with Crippen LogP contribution in [0, 0.1) is 0 Å². The van der Waals surface area contributed by atoms with Gasteiger partial charge in [0.1, 0.15) is 5.76 Å². The minimum atomic E-state index is 0.556. The lowest BCUT2D eigenvalue weighted by Crippen LogP contribution is -2.03. The third kappa shape index (κ3) is 3.92. The lowest BCUT2D eigenvalue weighted by molar-refractivity contribution is 0.426. The molecule has 30 heavy (non-hydrogen) atoms. The molecule has 0 amide bonds. The fourth-order valence-electron chi connectivity index (χ4n) is 3.15. The van der Waals surface area contributed by atoms with E-state index < -0.39 is 0 Å². The highest BCUT2D eigenvalue weighted by atomic mass is 32.2. The van der Waals surface area contributed by atoms with E-state index in [2.05, 4.69) is 19.9 Å². The molecule has 148 valence electrons. The van der Waals surface area contributed by atoms with E-state index in [1.807, 2.05) is 78.9 Å². The van der Waals surface area contributed by atoms with Gasteiger partial charge < -0.3 is 8.94 Å². The predicted molar refractivity (Wildman–Crippen MR) is 115 cm³/mol. The molecule has 0 saturated carbocycles. The summed E-state index contributed by atoms with van der Waals surface area (Å²) < 4.78 is 13.1. The molecule has 5 aromatic rings. The highest BCUT2D eigenvalue weighted by molar-refractivity contribution is 7.98. The van der Waals surface area contributed by atoms with Crippen molar-refractivity contribution in [3.8, 4) is 22.7 Å². The number of hydrogen-bond donors (Lipinski definition) is 0. The van der Waals surface area contributed by atoms with Gasteiger partial charge in [0, 0.05) is 22.9 Å². The molecule has 0 fully saturated rings. The van der Waals surface area contributed by atoms with Crippen molar-refractivity contribution in [2.75, 3.05) is 0 Å². The summed E-state index contributed by atoms with van der Waals surface area (Å²) in [6.45, 7) is 0.556. The molecular formula is C23H18N4O2S. The number of rotatable bonds is 7. The summed E-state index contributed by atoms with van der Waals surface area (Å²) >= 11 is 1.57. The molecule has 0 unspecified atom stereocenters. The quantitative estimate of drug-likeness (QED) is 0.326. The minimum Gasteiger partial charge on any atom is -0.467 e. The van der Waals surface area contributed by atoms with Crippen LogP contribution in [0.3, 0.4) is 0 Å². The topological polar surface area (TPSA) is 69.9 Å². The van der Waals surface area contributed by atoms with Gasteiger partial charge in [-0.25, -0.2) is 0 Å². The maximum Gasteiger partial charge on any atom is 0.192 e. The zero-order chi connectivity index (χ0) is 20.2. The average molecular weight is 414 g/mol. The zero-order valence-electron chi connectivity index (χ0n) is 16.0. The molecule has 3 aromatic heterocycles. The highest BCUT2D eigenvalue weighted by Gasteiger charge is 2.17. The Bertz CT molecular complexity index is 1210. The van der Waals surface area contributed by atoms with Crippen LogP contribution in [-0.4, -0.2) is 19.9 Å². The molecule has 7 heteroatoms. The Labute approximate surface area is 177 Å². The Morgan fingerprint density at radius 1 is 0.833 bits per heavy atom. The van der Waals surface area contributed by atoms with Crippen molar-refractivity contribution in [1.82, 2.24) is 19.9 Å². The normalized spacial score (nSPS) is 11.1. The van der Waals surface area contributed by atoms with Crippen molar-refractivity contribution in [2.45, 2.75) is 17.5 Å². The molecule has 3 heterocycles. The molecule has 0 radical (unpaired) electrons. The van der Waals surface area contributed by atoms with Crippen LogP contribution in [0.5, 0.6) is 0 Å². The lowest BCUT2D eigenvalue weighted by atomic mass is 10.2. The molecule has 0 aliphatic carbocycles. The zero-order valence-corrected chi connectivity index (χ0v) is 16.8. The molecule has 6 nitrogen and oxygen atoms in total. The monoisotopic (exact) mass is 414 g/mol. The van der Waals surface area contributed by atoms with Crippen LogP contribution in [0.15, 0.2) is 99.2 Å². The Morgan fingerprint density at radius 2 is 1.60 bits per heavy atom. The van der Waals surface area contributed by atoms with Crippen LogP contribution >= 0.6 is 11.8 Å². The van der Waals surface area contributed by atoms with Crippen molar-refractivity contribution in [1.29, 1.82) is 0 Å². The Hall–Kier alpha value is -3.58. The second-order valence-corrected chi connectivity index (χ2v) is 7.62. The molecule has 0 aliphatic heterocycles. The first-order chi connectivity index (χ1) is 14.9. The maximum atomic E-state index is 5.55. The first-order valence-electron chi connectivity index (χ1n) is 9.51. The highest BCUT2D eigenvalue weighted by Crippen LogP contribution is 2.28. The number of aromatic nitrogens is 4. The van der Waals surface area contributed by atoms with E-state index in [4.69, 9.17) is 8.94 Å². The van der Waals surface area contributed by atoms with E-state index in [9.17, 15) is 0 Å². The minimum absolute atomic E-state index is 0.556. The van der Waals surface area contributed by atoms with E-state index in [0.29, 0.717) is 12.3 Å². The summed E-state index contributed by atoms with van der Waals surface area (Å²) in [5.74, 6) is 3.04. The number of thioether (sulfide) groups is 1. The summed E-state index contributed by atoms with van der Waals surface area (Å²) in [4.78, 5) is 0. The van der Waals surface area contributed by atoms with Gasteiger partial charge in [-0.15, -0.1) is 10.2 Å². The van der Waals surface area contributed by atoms with Gasteiger partial charge in [0.15, 0.2) is 16.7 Å². The van der Waals surface area contributed by atoms with Crippen LogP contribution in [0.2, 0.25) is 0 Å². The third-order valence-electron chi connectivity index (χ3n) is 4.61. The average Bonchev–Trinajstić information content (AvgIpc) is 3.56. The van der Waals surface area contributed by atoms with Gasteiger partial charge in [-0.1, -0.05) is 77.6 Å². The second-order valence-electron chi connectivity index (χ2n) is 6.67. The fraction of sp³-hybridized carbons (Fsp3) is 0.0870. The summed E-state index contributed by atoms with van der Waals surface area (Å²) in [6, 6.07) is 25.8. The molecule has 0 atom stereocenters. The van der Waals surface area contributed by atoms with Crippen LogP contribution in [0.4, 0.5) is 0 Å². The van der Waals surface area contributed by atoms with Gasteiger partial charge in [-0.3, -0.25) is 4.57 Å². The van der Waals surface area contributed by atoms with E-state index in [0.717, 1.165) is 39.3 Å². The summed E-state index contributed by atoms with van der Waals surface area (Å²) in [5, 5.41) is 13.9. The van der Waals surface area contributed by atoms with Crippen molar-refractivity contribution >= 4 is 11.8 Å². The van der Waals surface area contributed by atoms with Crippen molar-refractivity contribution in [3.05, 3.63) is 96.6 Å². The van der Waals surface area contributed by atoms with Gasteiger partial charge in [0.05, 0.1) is 18.5 Å². The van der Waals surface area contributed by atoms with Gasteiger partial charge in [-0.05, 0) is 12.1 Å². The maximum absolute atomic E-state index is 5.55. The first kappa shape index (κ1) is 18.4. The van der Waals surface area contributed by atoms with Gasteiger partial charge in [0.2, 0.25) is 0 Å². The van der Waals surface area contributed by atoms with Gasteiger partial charge >= 0.3 is 0 Å². The number of furan rings is 1. The van der Waals surface area contributed by atoms with E-state index >= 15 is 0 Å². The molecule has 0 spiro atoms. The largest absolute Gasteiger partial charge is 0.467 e. The smallest absolute Gasteiger partial charge is 0.192 e. The fourth-order valence-corrected chi connectivity index (χ4v) is 3.97. The second kappa shape index (κ2) is 8.42. The Balaban J connectivity index is 1.39.